The predicted octanol–water partition coefficient (Wildman–Crippen LogP) is 0.236. The van der Waals surface area contributed by atoms with Crippen molar-refractivity contribution >= 4 is 29.5 Å². The Morgan fingerprint density at radius 2 is 1.85 bits per heavy atom. The molecule has 0 aromatic rings. The topological polar surface area (TPSA) is 91.7 Å². The first-order valence-electron chi connectivity index (χ1n) is 3.59. The Morgan fingerprint density at radius 1 is 1.31 bits per heavy atom. The lowest BCUT2D eigenvalue weighted by molar-refractivity contribution is -0.149. The summed E-state index contributed by atoms with van der Waals surface area (Å²) in [7, 11) is 0. The Labute approximate surface area is 79.1 Å². The van der Waals surface area contributed by atoms with Gasteiger partial charge >= 0.3 is 11.9 Å². The second-order valence-electron chi connectivity index (χ2n) is 2.21. The standard InChI is InChI=1S/C7H10O5S/c1-2-13-4(3-5(8)9)6(10)7(11)12/h4H,2-3H2,1H3,(H,8,9)(H,11,12). The van der Waals surface area contributed by atoms with Crippen molar-refractivity contribution in [1.82, 2.24) is 0 Å². The van der Waals surface area contributed by atoms with Crippen molar-refractivity contribution in [3.05, 3.63) is 0 Å². The molecule has 0 aliphatic heterocycles. The minimum atomic E-state index is -1.58. The lowest BCUT2D eigenvalue weighted by Crippen LogP contribution is -2.28. The van der Waals surface area contributed by atoms with Crippen molar-refractivity contribution in [3.63, 3.8) is 0 Å². The molecule has 0 rings (SSSR count). The number of carboxylic acid groups (broad SMARTS) is 2. The second kappa shape index (κ2) is 5.58. The Morgan fingerprint density at radius 3 is 2.15 bits per heavy atom. The number of carbonyl (C=O) groups excluding carboxylic acids is 1. The summed E-state index contributed by atoms with van der Waals surface area (Å²) in [5.74, 6) is -3.28. The van der Waals surface area contributed by atoms with Gasteiger partial charge in [-0.25, -0.2) is 4.79 Å². The Hall–Kier alpha value is -1.04. The molecule has 74 valence electrons. The largest absolute Gasteiger partial charge is 0.481 e. The number of rotatable bonds is 6. The van der Waals surface area contributed by atoms with Crippen LogP contribution in [-0.4, -0.2) is 38.9 Å². The van der Waals surface area contributed by atoms with Crippen LogP contribution in [0, 0.1) is 0 Å². The molecule has 0 fully saturated rings. The maximum Gasteiger partial charge on any atom is 0.373 e. The van der Waals surface area contributed by atoms with E-state index in [0.29, 0.717) is 5.75 Å². The highest BCUT2D eigenvalue weighted by Gasteiger charge is 2.26. The van der Waals surface area contributed by atoms with Gasteiger partial charge < -0.3 is 10.2 Å². The molecule has 0 aromatic heterocycles. The van der Waals surface area contributed by atoms with Gasteiger partial charge in [0.15, 0.2) is 0 Å². The molecule has 0 spiro atoms. The first kappa shape index (κ1) is 12.0. The van der Waals surface area contributed by atoms with Gasteiger partial charge in [0.25, 0.3) is 5.78 Å². The number of hydrogen-bond donors (Lipinski definition) is 2. The number of hydrogen-bond acceptors (Lipinski definition) is 4. The summed E-state index contributed by atoms with van der Waals surface area (Å²) >= 11 is 1.03. The highest BCUT2D eigenvalue weighted by Crippen LogP contribution is 2.15. The highest BCUT2D eigenvalue weighted by molar-refractivity contribution is 8.00. The van der Waals surface area contributed by atoms with Gasteiger partial charge in [-0.05, 0) is 5.75 Å². The van der Waals surface area contributed by atoms with Gasteiger partial charge in [-0.2, -0.15) is 0 Å². The van der Waals surface area contributed by atoms with Crippen LogP contribution in [0.1, 0.15) is 13.3 Å². The SMILES string of the molecule is CCSC(CC(=O)O)C(=O)C(=O)O. The minimum absolute atomic E-state index is 0.441. The lowest BCUT2D eigenvalue weighted by Gasteiger charge is -2.08. The van der Waals surface area contributed by atoms with Crippen LogP contribution < -0.4 is 0 Å². The summed E-state index contributed by atoms with van der Waals surface area (Å²) in [6, 6.07) is 0. The molecule has 0 saturated carbocycles. The highest BCUT2D eigenvalue weighted by atomic mass is 32.2. The number of thioether (sulfide) groups is 1. The van der Waals surface area contributed by atoms with Gasteiger partial charge in [0.2, 0.25) is 0 Å². The molecule has 1 unspecified atom stereocenters. The van der Waals surface area contributed by atoms with E-state index in [9.17, 15) is 14.4 Å². The van der Waals surface area contributed by atoms with Crippen molar-refractivity contribution in [3.8, 4) is 0 Å². The van der Waals surface area contributed by atoms with Crippen molar-refractivity contribution in [2.45, 2.75) is 18.6 Å². The summed E-state index contributed by atoms with van der Waals surface area (Å²) in [4.78, 5) is 31.4. The fourth-order valence-corrected chi connectivity index (χ4v) is 1.64. The summed E-state index contributed by atoms with van der Waals surface area (Å²) < 4.78 is 0. The molecule has 0 aliphatic rings. The number of carboxylic acids is 2. The van der Waals surface area contributed by atoms with E-state index in [1.807, 2.05) is 0 Å². The van der Waals surface area contributed by atoms with E-state index in [1.54, 1.807) is 6.92 Å². The van der Waals surface area contributed by atoms with Crippen LogP contribution in [0.2, 0.25) is 0 Å². The molecule has 0 aromatic carbocycles. The zero-order valence-corrected chi connectivity index (χ0v) is 7.84. The third-order valence-electron chi connectivity index (χ3n) is 1.23. The molecule has 2 N–H and O–H groups in total. The third kappa shape index (κ3) is 4.51. The maximum absolute atomic E-state index is 10.9. The smallest absolute Gasteiger partial charge is 0.373 e. The summed E-state index contributed by atoms with van der Waals surface area (Å²) in [5.41, 5.74) is 0. The normalized spacial score (nSPS) is 12.1. The number of carbonyl (C=O) groups is 3. The van der Waals surface area contributed by atoms with Crippen LogP contribution in [0.25, 0.3) is 0 Å². The zero-order valence-electron chi connectivity index (χ0n) is 7.02. The molecule has 0 bridgehead atoms. The van der Waals surface area contributed by atoms with E-state index in [-0.39, 0.29) is 0 Å². The van der Waals surface area contributed by atoms with E-state index >= 15 is 0 Å². The van der Waals surface area contributed by atoms with Crippen molar-refractivity contribution in [2.24, 2.45) is 0 Å². The minimum Gasteiger partial charge on any atom is -0.481 e. The van der Waals surface area contributed by atoms with Crippen molar-refractivity contribution in [1.29, 1.82) is 0 Å². The van der Waals surface area contributed by atoms with Crippen LogP contribution >= 0.6 is 11.8 Å². The molecular formula is C7H10O5S. The van der Waals surface area contributed by atoms with Gasteiger partial charge in [-0.3, -0.25) is 9.59 Å². The lowest BCUT2D eigenvalue weighted by atomic mass is 10.2. The maximum atomic E-state index is 10.9. The van der Waals surface area contributed by atoms with Crippen molar-refractivity contribution < 1.29 is 24.6 Å². The summed E-state index contributed by atoms with van der Waals surface area (Å²) in [5, 5.41) is 15.7. The third-order valence-corrected chi connectivity index (χ3v) is 2.35. The number of aliphatic carboxylic acids is 2. The molecule has 6 heteroatoms. The van der Waals surface area contributed by atoms with Crippen LogP contribution in [0.4, 0.5) is 0 Å². The van der Waals surface area contributed by atoms with E-state index < -0.39 is 29.4 Å². The summed E-state index contributed by atoms with van der Waals surface area (Å²) in [6.45, 7) is 1.73. The molecule has 5 nitrogen and oxygen atoms in total. The second-order valence-corrected chi connectivity index (χ2v) is 3.69. The molecule has 0 heterocycles. The monoisotopic (exact) mass is 206 g/mol. The number of ketones is 1. The molecule has 0 aliphatic carbocycles. The van der Waals surface area contributed by atoms with Crippen LogP contribution in [-0.2, 0) is 14.4 Å². The van der Waals surface area contributed by atoms with Gasteiger partial charge in [0.1, 0.15) is 0 Å². The van der Waals surface area contributed by atoms with Crippen LogP contribution in [0.5, 0.6) is 0 Å². The van der Waals surface area contributed by atoms with Crippen LogP contribution in [0.3, 0.4) is 0 Å². The fourth-order valence-electron chi connectivity index (χ4n) is 0.725. The summed E-state index contributed by atoms with van der Waals surface area (Å²) in [6.07, 6.45) is -0.441. The molecule has 0 saturated heterocycles. The Balaban J connectivity index is 4.31. The average molecular weight is 206 g/mol. The predicted molar refractivity (Wildman–Crippen MR) is 46.8 cm³/mol. The van der Waals surface area contributed by atoms with E-state index in [4.69, 9.17) is 10.2 Å². The Kier molecular flexibility index (Phi) is 5.13. The quantitative estimate of drug-likeness (QED) is 0.605. The van der Waals surface area contributed by atoms with E-state index in [1.165, 1.54) is 0 Å². The average Bonchev–Trinajstić information content (AvgIpc) is 2.01. The fraction of sp³-hybridized carbons (Fsp3) is 0.571. The van der Waals surface area contributed by atoms with Gasteiger partial charge in [-0.15, -0.1) is 11.8 Å². The van der Waals surface area contributed by atoms with Crippen molar-refractivity contribution in [2.75, 3.05) is 5.75 Å². The van der Waals surface area contributed by atoms with E-state index in [2.05, 4.69) is 0 Å². The molecule has 1 atom stereocenters. The molecule has 13 heavy (non-hydrogen) atoms. The molecular weight excluding hydrogens is 196 g/mol. The van der Waals surface area contributed by atoms with Gasteiger partial charge in [0, 0.05) is 0 Å². The van der Waals surface area contributed by atoms with Crippen LogP contribution in [0.15, 0.2) is 0 Å². The van der Waals surface area contributed by atoms with E-state index in [0.717, 1.165) is 11.8 Å². The first-order chi connectivity index (χ1) is 5.99. The van der Waals surface area contributed by atoms with Gasteiger partial charge in [-0.1, -0.05) is 6.92 Å². The number of Topliss-reactive ketones (excluding diaryl/α,β-unsaturated/α-hetero) is 1. The first-order valence-corrected chi connectivity index (χ1v) is 4.64. The Bertz CT molecular complexity index is 225. The molecule has 0 radical (unpaired) electrons. The molecule has 0 amide bonds. The van der Waals surface area contributed by atoms with Gasteiger partial charge in [0.05, 0.1) is 11.7 Å². The zero-order chi connectivity index (χ0) is 10.4.